The van der Waals surface area contributed by atoms with Crippen molar-refractivity contribution in [3.8, 4) is 0 Å². The minimum absolute atomic E-state index is 0.00932. The zero-order valence-electron chi connectivity index (χ0n) is 11.8. The minimum Gasteiger partial charge on any atom is -0.326 e. The van der Waals surface area contributed by atoms with Crippen LogP contribution >= 0.6 is 0 Å². The van der Waals surface area contributed by atoms with Gasteiger partial charge in [0, 0.05) is 12.6 Å². The Labute approximate surface area is 126 Å². The fourth-order valence-corrected chi connectivity index (χ4v) is 1.93. The van der Waals surface area contributed by atoms with Gasteiger partial charge in [-0.2, -0.15) is 0 Å². The van der Waals surface area contributed by atoms with Crippen LogP contribution in [0, 0.1) is 11.6 Å². The van der Waals surface area contributed by atoms with E-state index >= 15 is 0 Å². The summed E-state index contributed by atoms with van der Waals surface area (Å²) < 4.78 is 26.5. The van der Waals surface area contributed by atoms with Gasteiger partial charge in [0.2, 0.25) is 11.8 Å². The van der Waals surface area contributed by atoms with E-state index < -0.39 is 17.5 Å². The van der Waals surface area contributed by atoms with Gasteiger partial charge in [-0.25, -0.2) is 8.78 Å². The first-order valence-corrected chi connectivity index (χ1v) is 6.55. The van der Waals surface area contributed by atoms with E-state index in [0.29, 0.717) is 11.3 Å². The van der Waals surface area contributed by atoms with Gasteiger partial charge in [0.25, 0.3) is 0 Å². The number of nitrogens with one attached hydrogen (secondary N) is 2. The Morgan fingerprint density at radius 2 is 1.82 bits per heavy atom. The van der Waals surface area contributed by atoms with Crippen LogP contribution in [0.5, 0.6) is 0 Å². The van der Waals surface area contributed by atoms with Crippen molar-refractivity contribution in [2.75, 3.05) is 10.6 Å². The van der Waals surface area contributed by atoms with Crippen LogP contribution in [0.15, 0.2) is 42.5 Å². The molecule has 22 heavy (non-hydrogen) atoms. The van der Waals surface area contributed by atoms with Crippen molar-refractivity contribution < 1.29 is 18.4 Å². The van der Waals surface area contributed by atoms with Crippen LogP contribution in [0.1, 0.15) is 12.5 Å². The molecule has 6 heteroatoms. The van der Waals surface area contributed by atoms with Crippen molar-refractivity contribution in [1.29, 1.82) is 0 Å². The number of hydrogen-bond acceptors (Lipinski definition) is 2. The minimum atomic E-state index is -0.599. The van der Waals surface area contributed by atoms with Crippen molar-refractivity contribution in [3.63, 3.8) is 0 Å². The lowest BCUT2D eigenvalue weighted by Crippen LogP contribution is -2.15. The van der Waals surface area contributed by atoms with E-state index in [1.807, 2.05) is 0 Å². The normalized spacial score (nSPS) is 10.1. The van der Waals surface area contributed by atoms with Crippen molar-refractivity contribution in [2.24, 2.45) is 0 Å². The number of hydrogen-bond donors (Lipinski definition) is 2. The topological polar surface area (TPSA) is 58.2 Å². The third-order valence-electron chi connectivity index (χ3n) is 2.81. The summed E-state index contributed by atoms with van der Waals surface area (Å²) in [5.41, 5.74) is 0.851. The lowest BCUT2D eigenvalue weighted by Gasteiger charge is -2.09. The van der Waals surface area contributed by atoms with E-state index in [1.54, 1.807) is 6.07 Å². The molecule has 114 valence electrons. The highest BCUT2D eigenvalue weighted by Crippen LogP contribution is 2.20. The molecule has 0 atom stereocenters. The number of carbonyl (C=O) groups is 2. The van der Waals surface area contributed by atoms with Crippen molar-refractivity contribution in [1.82, 2.24) is 0 Å². The second kappa shape index (κ2) is 6.80. The monoisotopic (exact) mass is 304 g/mol. The zero-order chi connectivity index (χ0) is 16.1. The first kappa shape index (κ1) is 15.6. The Balaban J connectivity index is 2.06. The van der Waals surface area contributed by atoms with Crippen molar-refractivity contribution >= 4 is 23.2 Å². The second-order valence-electron chi connectivity index (χ2n) is 4.73. The molecular weight excluding hydrogens is 290 g/mol. The molecule has 0 unspecified atom stereocenters. The van der Waals surface area contributed by atoms with Crippen molar-refractivity contribution in [3.05, 3.63) is 59.7 Å². The van der Waals surface area contributed by atoms with E-state index in [1.165, 1.54) is 37.3 Å². The molecule has 0 aliphatic heterocycles. The Bertz CT molecular complexity index is 717. The molecule has 2 rings (SSSR count). The molecule has 2 aromatic carbocycles. The summed E-state index contributed by atoms with van der Waals surface area (Å²) in [6, 6.07) is 9.56. The van der Waals surface area contributed by atoms with Gasteiger partial charge in [0.05, 0.1) is 12.1 Å². The highest BCUT2D eigenvalue weighted by atomic mass is 19.1. The largest absolute Gasteiger partial charge is 0.326 e. The summed E-state index contributed by atoms with van der Waals surface area (Å²) in [6.07, 6.45) is -0.00932. The highest BCUT2D eigenvalue weighted by Gasteiger charge is 2.08. The number of amides is 2. The fourth-order valence-electron chi connectivity index (χ4n) is 1.93. The molecule has 4 nitrogen and oxygen atoms in total. The second-order valence-corrected chi connectivity index (χ2v) is 4.73. The van der Waals surface area contributed by atoms with E-state index in [0.717, 1.165) is 6.07 Å². The molecular formula is C16H14F2N2O2. The Hall–Kier alpha value is -2.76. The van der Waals surface area contributed by atoms with Crippen LogP contribution < -0.4 is 10.6 Å². The molecule has 0 bridgehead atoms. The summed E-state index contributed by atoms with van der Waals surface area (Å²) in [6.45, 7) is 1.26. The van der Waals surface area contributed by atoms with E-state index in [4.69, 9.17) is 0 Å². The number of anilines is 2. The lowest BCUT2D eigenvalue weighted by molar-refractivity contribution is -0.115. The van der Waals surface area contributed by atoms with Crippen LogP contribution in [0.4, 0.5) is 20.2 Å². The molecule has 2 amide bonds. The number of halogens is 2. The van der Waals surface area contributed by atoms with Crippen LogP contribution in [-0.4, -0.2) is 11.8 Å². The van der Waals surface area contributed by atoms with E-state index in [-0.39, 0.29) is 18.0 Å². The van der Waals surface area contributed by atoms with Gasteiger partial charge in [0.15, 0.2) is 0 Å². The maximum absolute atomic E-state index is 13.5. The SMILES string of the molecule is CC(=O)Nc1cc(NC(=O)Cc2cccc(F)c2)ccc1F. The molecule has 0 heterocycles. The third kappa shape index (κ3) is 4.37. The zero-order valence-corrected chi connectivity index (χ0v) is 11.8. The molecule has 2 aromatic rings. The predicted octanol–water partition coefficient (Wildman–Crippen LogP) is 3.10. The molecule has 0 saturated heterocycles. The smallest absolute Gasteiger partial charge is 0.228 e. The van der Waals surface area contributed by atoms with E-state index in [2.05, 4.69) is 10.6 Å². The Morgan fingerprint density at radius 3 is 2.50 bits per heavy atom. The summed E-state index contributed by atoms with van der Waals surface area (Å²) in [7, 11) is 0. The first-order chi connectivity index (χ1) is 10.4. The van der Waals surface area contributed by atoms with Gasteiger partial charge in [-0.3, -0.25) is 9.59 Å². The third-order valence-corrected chi connectivity index (χ3v) is 2.81. The van der Waals surface area contributed by atoms with Crippen LogP contribution in [-0.2, 0) is 16.0 Å². The van der Waals surface area contributed by atoms with Crippen LogP contribution in [0.25, 0.3) is 0 Å². The van der Waals surface area contributed by atoms with Gasteiger partial charge in [-0.05, 0) is 35.9 Å². The molecule has 0 aliphatic rings. The predicted molar refractivity (Wildman–Crippen MR) is 79.4 cm³/mol. The quantitative estimate of drug-likeness (QED) is 0.912. The summed E-state index contributed by atoms with van der Waals surface area (Å²) >= 11 is 0. The first-order valence-electron chi connectivity index (χ1n) is 6.55. The van der Waals surface area contributed by atoms with Gasteiger partial charge in [0.1, 0.15) is 11.6 Å². The molecule has 0 spiro atoms. The number of rotatable bonds is 4. The molecule has 0 aliphatic carbocycles. The van der Waals surface area contributed by atoms with Gasteiger partial charge in [-0.1, -0.05) is 12.1 Å². The van der Waals surface area contributed by atoms with Gasteiger partial charge >= 0.3 is 0 Å². The Kier molecular flexibility index (Phi) is 4.83. The molecule has 0 radical (unpaired) electrons. The van der Waals surface area contributed by atoms with Gasteiger partial charge in [-0.15, -0.1) is 0 Å². The highest BCUT2D eigenvalue weighted by molar-refractivity contribution is 5.94. The average Bonchev–Trinajstić information content (AvgIpc) is 2.42. The van der Waals surface area contributed by atoms with E-state index in [9.17, 15) is 18.4 Å². The summed E-state index contributed by atoms with van der Waals surface area (Å²) in [4.78, 5) is 22.9. The molecule has 0 aromatic heterocycles. The van der Waals surface area contributed by atoms with Crippen LogP contribution in [0.3, 0.4) is 0 Å². The molecule has 0 saturated carbocycles. The Morgan fingerprint density at radius 1 is 1.05 bits per heavy atom. The standard InChI is InChI=1S/C16H14F2N2O2/c1-10(21)19-15-9-13(5-6-14(15)18)20-16(22)8-11-3-2-4-12(17)7-11/h2-7,9H,8H2,1H3,(H,19,21)(H,20,22). The molecule has 2 N–H and O–H groups in total. The summed E-state index contributed by atoms with van der Waals surface area (Å²) in [5.74, 6) is -1.80. The molecule has 0 fully saturated rings. The maximum Gasteiger partial charge on any atom is 0.228 e. The lowest BCUT2D eigenvalue weighted by atomic mass is 10.1. The summed E-state index contributed by atoms with van der Waals surface area (Å²) in [5, 5.41) is 4.90. The fraction of sp³-hybridized carbons (Fsp3) is 0.125. The average molecular weight is 304 g/mol. The van der Waals surface area contributed by atoms with Crippen molar-refractivity contribution in [2.45, 2.75) is 13.3 Å². The van der Waals surface area contributed by atoms with Gasteiger partial charge < -0.3 is 10.6 Å². The maximum atomic E-state index is 13.5. The number of benzene rings is 2. The van der Waals surface area contributed by atoms with Crippen LogP contribution in [0.2, 0.25) is 0 Å². The number of carbonyl (C=O) groups excluding carboxylic acids is 2.